The zero-order valence-corrected chi connectivity index (χ0v) is 10.9. The molecule has 0 atom stereocenters. The Morgan fingerprint density at radius 2 is 1.69 bits per heavy atom. The maximum Gasteiger partial charge on any atom is -0.0149 e. The SMILES string of the molecule is CCCCCCCCCc1ccc[c]c1C. The predicted octanol–water partition coefficient (Wildman–Crippen LogP) is 5.09. The molecule has 0 saturated heterocycles. The molecule has 0 aliphatic carbocycles. The molecule has 0 aromatic heterocycles. The number of hydrogen-bond acceptors (Lipinski definition) is 0. The first-order valence-electron chi connectivity index (χ1n) is 6.80. The Bertz CT molecular complexity index is 275. The molecule has 0 saturated carbocycles. The lowest BCUT2D eigenvalue weighted by molar-refractivity contribution is 0.589. The van der Waals surface area contributed by atoms with Crippen molar-refractivity contribution in [3.63, 3.8) is 0 Å². The second-order valence-corrected chi connectivity index (χ2v) is 4.69. The van der Waals surface area contributed by atoms with E-state index in [2.05, 4.69) is 32.0 Å². The smallest absolute Gasteiger partial charge is 0.0149 e. The van der Waals surface area contributed by atoms with Crippen LogP contribution in [0.25, 0.3) is 0 Å². The van der Waals surface area contributed by atoms with Crippen LogP contribution in [-0.2, 0) is 6.42 Å². The van der Waals surface area contributed by atoms with Crippen LogP contribution in [0.3, 0.4) is 0 Å². The van der Waals surface area contributed by atoms with E-state index < -0.39 is 0 Å². The highest BCUT2D eigenvalue weighted by Crippen LogP contribution is 2.13. The van der Waals surface area contributed by atoms with Gasteiger partial charge in [-0.05, 0) is 37.0 Å². The topological polar surface area (TPSA) is 0 Å². The third-order valence-electron chi connectivity index (χ3n) is 3.22. The molecule has 0 aliphatic rings. The van der Waals surface area contributed by atoms with E-state index in [-0.39, 0.29) is 0 Å². The molecule has 0 heterocycles. The Hall–Kier alpha value is -0.780. The van der Waals surface area contributed by atoms with Gasteiger partial charge in [-0.1, -0.05) is 63.6 Å². The van der Waals surface area contributed by atoms with Crippen molar-refractivity contribution in [2.45, 2.75) is 65.2 Å². The van der Waals surface area contributed by atoms with Crippen molar-refractivity contribution in [1.29, 1.82) is 0 Å². The van der Waals surface area contributed by atoms with Crippen molar-refractivity contribution in [3.05, 3.63) is 35.4 Å². The highest BCUT2D eigenvalue weighted by atomic mass is 14.0. The zero-order valence-electron chi connectivity index (χ0n) is 10.9. The maximum atomic E-state index is 3.27. The van der Waals surface area contributed by atoms with Crippen LogP contribution in [-0.4, -0.2) is 0 Å². The van der Waals surface area contributed by atoms with Gasteiger partial charge in [-0.2, -0.15) is 0 Å². The molecule has 0 fully saturated rings. The van der Waals surface area contributed by atoms with Crippen LogP contribution in [0.5, 0.6) is 0 Å². The lowest BCUT2D eigenvalue weighted by Gasteiger charge is -2.04. The quantitative estimate of drug-likeness (QED) is 0.532. The van der Waals surface area contributed by atoms with E-state index in [1.807, 2.05) is 6.07 Å². The Morgan fingerprint density at radius 1 is 1.00 bits per heavy atom. The van der Waals surface area contributed by atoms with E-state index in [4.69, 9.17) is 0 Å². The summed E-state index contributed by atoms with van der Waals surface area (Å²) in [5.41, 5.74) is 2.81. The highest BCUT2D eigenvalue weighted by Gasteiger charge is 1.97. The Balaban J connectivity index is 2.05. The van der Waals surface area contributed by atoms with Crippen molar-refractivity contribution in [3.8, 4) is 0 Å². The summed E-state index contributed by atoms with van der Waals surface area (Å²) in [6.45, 7) is 4.44. The van der Waals surface area contributed by atoms with Crippen molar-refractivity contribution in [2.24, 2.45) is 0 Å². The van der Waals surface area contributed by atoms with Crippen LogP contribution >= 0.6 is 0 Å². The van der Waals surface area contributed by atoms with Crippen molar-refractivity contribution < 1.29 is 0 Å². The molecule has 1 aromatic rings. The standard InChI is InChI=1S/C16H25/c1-3-4-5-6-7-8-9-13-16-14-11-10-12-15(16)2/h10-11,14H,3-9,13H2,1-2H3. The Morgan fingerprint density at radius 3 is 2.38 bits per heavy atom. The Labute approximate surface area is 101 Å². The van der Waals surface area contributed by atoms with Gasteiger partial charge in [0.1, 0.15) is 0 Å². The average molecular weight is 217 g/mol. The predicted molar refractivity (Wildman–Crippen MR) is 71.7 cm³/mol. The van der Waals surface area contributed by atoms with Crippen molar-refractivity contribution in [1.82, 2.24) is 0 Å². The van der Waals surface area contributed by atoms with Gasteiger partial charge in [0.05, 0.1) is 0 Å². The summed E-state index contributed by atoms with van der Waals surface area (Å²) in [5.74, 6) is 0. The summed E-state index contributed by atoms with van der Waals surface area (Å²) in [6.07, 6.45) is 11.0. The molecule has 0 N–H and O–H groups in total. The third-order valence-corrected chi connectivity index (χ3v) is 3.22. The van der Waals surface area contributed by atoms with Crippen LogP contribution < -0.4 is 0 Å². The van der Waals surface area contributed by atoms with Crippen LogP contribution in [0, 0.1) is 13.0 Å². The third kappa shape index (κ3) is 5.34. The molecular formula is C16H25. The van der Waals surface area contributed by atoms with Gasteiger partial charge in [0, 0.05) is 0 Å². The van der Waals surface area contributed by atoms with E-state index >= 15 is 0 Å². The molecule has 1 radical (unpaired) electrons. The van der Waals surface area contributed by atoms with E-state index in [0.717, 1.165) is 0 Å². The molecule has 0 amide bonds. The molecular weight excluding hydrogens is 192 g/mol. The first-order valence-corrected chi connectivity index (χ1v) is 6.80. The van der Waals surface area contributed by atoms with Gasteiger partial charge in [0.25, 0.3) is 0 Å². The fourth-order valence-corrected chi connectivity index (χ4v) is 2.10. The lowest BCUT2D eigenvalue weighted by atomic mass is 10.0. The fourth-order valence-electron chi connectivity index (χ4n) is 2.10. The second-order valence-electron chi connectivity index (χ2n) is 4.69. The van der Waals surface area contributed by atoms with Gasteiger partial charge in [-0.25, -0.2) is 0 Å². The Kier molecular flexibility index (Phi) is 6.96. The first-order chi connectivity index (χ1) is 7.84. The van der Waals surface area contributed by atoms with Crippen LogP contribution in [0.15, 0.2) is 18.2 Å². The van der Waals surface area contributed by atoms with E-state index in [1.165, 1.54) is 62.5 Å². The molecule has 1 aromatic carbocycles. The summed E-state index contributed by atoms with van der Waals surface area (Å²) < 4.78 is 0. The monoisotopic (exact) mass is 217 g/mol. The summed E-state index contributed by atoms with van der Waals surface area (Å²) in [5, 5.41) is 0. The minimum atomic E-state index is 1.23. The normalized spacial score (nSPS) is 10.6. The molecule has 0 spiro atoms. The minimum Gasteiger partial charge on any atom is -0.0654 e. The molecule has 16 heavy (non-hydrogen) atoms. The highest BCUT2D eigenvalue weighted by molar-refractivity contribution is 5.24. The number of aryl methyl sites for hydroxylation is 2. The summed E-state index contributed by atoms with van der Waals surface area (Å²) >= 11 is 0. The molecule has 0 nitrogen and oxygen atoms in total. The van der Waals surface area contributed by atoms with Gasteiger partial charge in [0.2, 0.25) is 0 Å². The van der Waals surface area contributed by atoms with Gasteiger partial charge >= 0.3 is 0 Å². The number of unbranched alkanes of at least 4 members (excludes halogenated alkanes) is 6. The largest absolute Gasteiger partial charge is 0.0654 e. The number of benzene rings is 1. The lowest BCUT2D eigenvalue weighted by Crippen LogP contribution is -1.89. The summed E-state index contributed by atoms with van der Waals surface area (Å²) in [4.78, 5) is 0. The van der Waals surface area contributed by atoms with Gasteiger partial charge in [-0.3, -0.25) is 0 Å². The molecule has 0 heteroatoms. The van der Waals surface area contributed by atoms with Gasteiger partial charge in [-0.15, -0.1) is 0 Å². The molecule has 89 valence electrons. The zero-order chi connectivity index (χ0) is 11.6. The minimum absolute atomic E-state index is 1.23. The van der Waals surface area contributed by atoms with Crippen LogP contribution in [0.1, 0.15) is 63.0 Å². The van der Waals surface area contributed by atoms with Gasteiger partial charge < -0.3 is 0 Å². The average Bonchev–Trinajstić information content (AvgIpc) is 2.30. The van der Waals surface area contributed by atoms with Gasteiger partial charge in [0.15, 0.2) is 0 Å². The van der Waals surface area contributed by atoms with Crippen LogP contribution in [0.4, 0.5) is 0 Å². The number of rotatable bonds is 8. The van der Waals surface area contributed by atoms with E-state index in [1.54, 1.807) is 0 Å². The van der Waals surface area contributed by atoms with Crippen molar-refractivity contribution in [2.75, 3.05) is 0 Å². The molecule has 0 bridgehead atoms. The molecule has 1 rings (SSSR count). The van der Waals surface area contributed by atoms with E-state index in [0.29, 0.717) is 0 Å². The van der Waals surface area contributed by atoms with Crippen LogP contribution in [0.2, 0.25) is 0 Å². The van der Waals surface area contributed by atoms with E-state index in [9.17, 15) is 0 Å². The second kappa shape index (κ2) is 8.38. The van der Waals surface area contributed by atoms with Crippen molar-refractivity contribution >= 4 is 0 Å². The number of hydrogen-bond donors (Lipinski definition) is 0. The summed E-state index contributed by atoms with van der Waals surface area (Å²) in [7, 11) is 0. The molecule has 0 unspecified atom stereocenters. The maximum absolute atomic E-state index is 3.27. The first kappa shape index (κ1) is 13.3. The summed E-state index contributed by atoms with van der Waals surface area (Å²) in [6, 6.07) is 9.61. The fraction of sp³-hybridized carbons (Fsp3) is 0.625. The molecule has 0 aliphatic heterocycles.